The van der Waals surface area contributed by atoms with Crippen LogP contribution in [0, 0.1) is 5.82 Å². The minimum Gasteiger partial charge on any atom is -0.419 e. The van der Waals surface area contributed by atoms with Gasteiger partial charge in [-0.3, -0.25) is 0 Å². The maximum atomic E-state index is 15.8. The molecule has 0 aliphatic carbocycles. The van der Waals surface area contributed by atoms with Gasteiger partial charge in [0.15, 0.2) is 23.0 Å². The number of hydrogen-bond donors (Lipinski definition) is 0. The van der Waals surface area contributed by atoms with E-state index in [0.717, 1.165) is 0 Å². The lowest BCUT2D eigenvalue weighted by molar-refractivity contribution is -0.133. The van der Waals surface area contributed by atoms with Crippen molar-refractivity contribution in [3.63, 3.8) is 0 Å². The van der Waals surface area contributed by atoms with E-state index in [4.69, 9.17) is 37.9 Å². The molecule has 12 nitrogen and oxygen atoms in total. The Balaban J connectivity index is 2.02. The molecule has 0 amide bonds. The first-order chi connectivity index (χ1) is 24.3. The molecule has 0 aliphatic rings. The van der Waals surface area contributed by atoms with Crippen LogP contribution >= 0.6 is 0 Å². The summed E-state index contributed by atoms with van der Waals surface area (Å²) >= 11 is 0. The molecule has 13 heteroatoms. The van der Waals surface area contributed by atoms with Crippen LogP contribution in [0.25, 0.3) is 22.3 Å². The third-order valence-electron chi connectivity index (χ3n) is 6.74. The SMILES string of the molecule is C=C(COC)C(=O)Oc1ccc(-c2ccc(-c3ccc(OC(=O)C(=C)COC)c(OC(=O)C(=C)COC)c3)c(F)c2)cc1OC(=O)C(=C)COC. The third kappa shape index (κ3) is 10.9. The van der Waals surface area contributed by atoms with Crippen LogP contribution < -0.4 is 18.9 Å². The van der Waals surface area contributed by atoms with Gasteiger partial charge in [-0.15, -0.1) is 0 Å². The van der Waals surface area contributed by atoms with E-state index in [1.165, 1.54) is 77.0 Å². The van der Waals surface area contributed by atoms with Crippen molar-refractivity contribution >= 4 is 23.9 Å². The Morgan fingerprint density at radius 2 is 0.784 bits per heavy atom. The molecule has 0 spiro atoms. The standard InChI is InChI=1S/C38H37FO12/c1-22(18-44-5)35(40)48-31-13-10-27(16-33(31)50-37(42)24(3)20-46-7)26-9-12-29(30(39)15-26)28-11-14-32(49-36(41)23(2)19-45-6)34(17-28)51-38(43)25(4)21-47-8/h9-17H,1-4,18-21H2,5-8H3. The molecule has 3 aromatic rings. The number of benzene rings is 3. The lowest BCUT2D eigenvalue weighted by Gasteiger charge is -2.15. The Labute approximate surface area is 294 Å². The summed E-state index contributed by atoms with van der Waals surface area (Å²) in [6.45, 7) is 14.1. The van der Waals surface area contributed by atoms with E-state index in [1.54, 1.807) is 6.07 Å². The van der Waals surface area contributed by atoms with Crippen molar-refractivity contribution in [2.75, 3.05) is 54.9 Å². The molecule has 0 aliphatic heterocycles. The van der Waals surface area contributed by atoms with Gasteiger partial charge in [0.2, 0.25) is 0 Å². The number of carbonyl (C=O) groups excluding carboxylic acids is 4. The van der Waals surface area contributed by atoms with E-state index >= 15 is 4.39 Å². The van der Waals surface area contributed by atoms with Gasteiger partial charge in [-0.2, -0.15) is 0 Å². The highest BCUT2D eigenvalue weighted by molar-refractivity contribution is 5.93. The smallest absolute Gasteiger partial charge is 0.341 e. The molecule has 3 rings (SSSR count). The molecule has 0 atom stereocenters. The van der Waals surface area contributed by atoms with Crippen molar-refractivity contribution in [3.8, 4) is 45.3 Å². The Kier molecular flexibility index (Phi) is 14.7. The minimum atomic E-state index is -0.864. The van der Waals surface area contributed by atoms with Crippen LogP contribution in [0.4, 0.5) is 4.39 Å². The first-order valence-corrected chi connectivity index (χ1v) is 15.0. The van der Waals surface area contributed by atoms with Crippen LogP contribution in [0.3, 0.4) is 0 Å². The molecular formula is C38H37FO12. The summed E-state index contributed by atoms with van der Waals surface area (Å²) in [4.78, 5) is 50.4. The normalized spacial score (nSPS) is 10.5. The monoisotopic (exact) mass is 704 g/mol. The molecule has 0 saturated carbocycles. The van der Waals surface area contributed by atoms with Crippen LogP contribution in [0.1, 0.15) is 0 Å². The lowest BCUT2D eigenvalue weighted by Crippen LogP contribution is -2.17. The fraction of sp³-hybridized carbons (Fsp3) is 0.211. The Bertz CT molecular complexity index is 1860. The largest absolute Gasteiger partial charge is 0.419 e. The van der Waals surface area contributed by atoms with Gasteiger partial charge in [0, 0.05) is 34.0 Å². The summed E-state index contributed by atoms with van der Waals surface area (Å²) in [7, 11) is 5.52. The van der Waals surface area contributed by atoms with Crippen molar-refractivity contribution in [2.45, 2.75) is 0 Å². The number of carbonyl (C=O) groups is 4. The average Bonchev–Trinajstić information content (AvgIpc) is 3.10. The highest BCUT2D eigenvalue weighted by Crippen LogP contribution is 2.38. The van der Waals surface area contributed by atoms with Crippen molar-refractivity contribution in [2.24, 2.45) is 0 Å². The van der Waals surface area contributed by atoms with E-state index in [2.05, 4.69) is 26.3 Å². The minimum absolute atomic E-state index is 0.00449. The molecule has 268 valence electrons. The molecule has 0 N–H and O–H groups in total. The van der Waals surface area contributed by atoms with Gasteiger partial charge in [0.1, 0.15) is 5.82 Å². The second-order valence-corrected chi connectivity index (χ2v) is 10.7. The molecule has 0 aromatic heterocycles. The fourth-order valence-electron chi connectivity index (χ4n) is 4.24. The molecule has 0 bridgehead atoms. The zero-order valence-electron chi connectivity index (χ0n) is 28.6. The molecule has 51 heavy (non-hydrogen) atoms. The van der Waals surface area contributed by atoms with Gasteiger partial charge in [0.25, 0.3) is 0 Å². The molecule has 0 heterocycles. The first kappa shape index (κ1) is 39.7. The lowest BCUT2D eigenvalue weighted by atomic mass is 9.99. The van der Waals surface area contributed by atoms with Crippen molar-refractivity contribution in [1.29, 1.82) is 0 Å². The van der Waals surface area contributed by atoms with Gasteiger partial charge in [-0.1, -0.05) is 50.6 Å². The van der Waals surface area contributed by atoms with Gasteiger partial charge in [-0.05, 0) is 47.0 Å². The van der Waals surface area contributed by atoms with E-state index < -0.39 is 29.7 Å². The average molecular weight is 705 g/mol. The molecule has 0 saturated heterocycles. The Morgan fingerprint density at radius 1 is 0.471 bits per heavy atom. The van der Waals surface area contributed by atoms with Crippen molar-refractivity contribution in [1.82, 2.24) is 0 Å². The van der Waals surface area contributed by atoms with Gasteiger partial charge < -0.3 is 37.9 Å². The summed E-state index contributed by atoms with van der Waals surface area (Å²) in [6, 6.07) is 12.7. The van der Waals surface area contributed by atoms with Crippen LogP contribution in [-0.4, -0.2) is 78.7 Å². The topological polar surface area (TPSA) is 142 Å². The maximum Gasteiger partial charge on any atom is 0.341 e. The van der Waals surface area contributed by atoms with Crippen LogP contribution in [0.2, 0.25) is 0 Å². The predicted molar refractivity (Wildman–Crippen MR) is 184 cm³/mol. The summed E-state index contributed by atoms with van der Waals surface area (Å²) in [6.07, 6.45) is 0. The highest BCUT2D eigenvalue weighted by Gasteiger charge is 2.21. The molecule has 3 aromatic carbocycles. The summed E-state index contributed by atoms with van der Waals surface area (Å²) in [5.41, 5.74) is 1.10. The fourth-order valence-corrected chi connectivity index (χ4v) is 4.24. The Morgan fingerprint density at radius 3 is 1.16 bits per heavy atom. The summed E-state index contributed by atoms with van der Waals surface area (Å²) in [5.74, 6) is -4.65. The molecular weight excluding hydrogens is 667 g/mol. The number of hydrogen-bond acceptors (Lipinski definition) is 12. The van der Waals surface area contributed by atoms with Crippen molar-refractivity contribution < 1.29 is 61.5 Å². The van der Waals surface area contributed by atoms with Crippen molar-refractivity contribution in [3.05, 3.63) is 109 Å². The maximum absolute atomic E-state index is 15.8. The zero-order chi connectivity index (χ0) is 37.7. The number of rotatable bonds is 18. The second kappa shape index (κ2) is 18.9. The van der Waals surface area contributed by atoms with E-state index in [1.807, 2.05) is 0 Å². The van der Waals surface area contributed by atoms with Crippen LogP contribution in [-0.2, 0) is 38.1 Å². The van der Waals surface area contributed by atoms with E-state index in [-0.39, 0.29) is 82.8 Å². The highest BCUT2D eigenvalue weighted by atomic mass is 19.1. The predicted octanol–water partition coefficient (Wildman–Crippen LogP) is 5.59. The van der Waals surface area contributed by atoms with E-state index in [9.17, 15) is 19.2 Å². The van der Waals surface area contributed by atoms with Crippen LogP contribution in [0.5, 0.6) is 23.0 Å². The van der Waals surface area contributed by atoms with Gasteiger partial charge >= 0.3 is 23.9 Å². The summed E-state index contributed by atoms with van der Waals surface area (Å²) in [5, 5.41) is 0. The molecule has 0 unspecified atom stereocenters. The quantitative estimate of drug-likeness (QED) is 0.0926. The molecule has 0 radical (unpaired) electrons. The number of methoxy groups -OCH3 is 4. The molecule has 0 fully saturated rings. The van der Waals surface area contributed by atoms with Gasteiger partial charge in [-0.25, -0.2) is 23.6 Å². The number of ether oxygens (including phenoxy) is 8. The van der Waals surface area contributed by atoms with E-state index in [0.29, 0.717) is 11.1 Å². The number of esters is 4. The zero-order valence-corrected chi connectivity index (χ0v) is 28.6. The van der Waals surface area contributed by atoms with Gasteiger partial charge in [0.05, 0.1) is 48.7 Å². The Hall–Kier alpha value is -5.73. The second-order valence-electron chi connectivity index (χ2n) is 10.7. The first-order valence-electron chi connectivity index (χ1n) is 15.0. The summed E-state index contributed by atoms with van der Waals surface area (Å²) < 4.78 is 57.2. The number of halogens is 1. The van der Waals surface area contributed by atoms with Crippen LogP contribution in [0.15, 0.2) is 103 Å². The third-order valence-corrected chi connectivity index (χ3v) is 6.74.